The van der Waals surface area contributed by atoms with Crippen LogP contribution in [0.2, 0.25) is 0 Å². The molecule has 3 heterocycles. The lowest BCUT2D eigenvalue weighted by Crippen LogP contribution is -2.52. The van der Waals surface area contributed by atoms with Crippen LogP contribution in [0.25, 0.3) is 0 Å². The fourth-order valence-electron chi connectivity index (χ4n) is 4.62. The summed E-state index contributed by atoms with van der Waals surface area (Å²) in [6.45, 7) is 6.16. The zero-order valence-corrected chi connectivity index (χ0v) is 17.5. The third kappa shape index (κ3) is 4.25. The van der Waals surface area contributed by atoms with Gasteiger partial charge in [0.1, 0.15) is 0 Å². The number of aryl methyl sites for hydroxylation is 2. The molecule has 0 saturated carbocycles. The van der Waals surface area contributed by atoms with Crippen LogP contribution in [0.5, 0.6) is 0 Å². The third-order valence-electron chi connectivity index (χ3n) is 6.05. The summed E-state index contributed by atoms with van der Waals surface area (Å²) in [4.78, 5) is 38.8. The number of likely N-dealkylation sites (tertiary alicyclic amines) is 1. The van der Waals surface area contributed by atoms with Crippen LogP contribution in [0.4, 0.5) is 10.5 Å². The molecule has 1 aromatic carbocycles. The molecule has 0 radical (unpaired) electrons. The predicted molar refractivity (Wildman–Crippen MR) is 116 cm³/mol. The first-order valence-corrected chi connectivity index (χ1v) is 10.5. The van der Waals surface area contributed by atoms with Crippen LogP contribution < -0.4 is 16.2 Å². The Balaban J connectivity index is 1.29. The first-order valence-electron chi connectivity index (χ1n) is 10.5. The summed E-state index contributed by atoms with van der Waals surface area (Å²) in [5.74, 6) is 0.353. The fraction of sp³-hybridized carbons (Fsp3) is 0.435. The highest BCUT2D eigenvalue weighted by Gasteiger charge is 2.36. The van der Waals surface area contributed by atoms with Gasteiger partial charge in [0, 0.05) is 56.0 Å². The Morgan fingerprint density at radius 1 is 1.10 bits per heavy atom. The molecule has 7 heteroatoms. The van der Waals surface area contributed by atoms with Gasteiger partial charge in [0.05, 0.1) is 0 Å². The lowest BCUT2D eigenvalue weighted by molar-refractivity contribution is -0.116. The Hall–Kier alpha value is -3.09. The Morgan fingerprint density at radius 2 is 1.93 bits per heavy atom. The summed E-state index contributed by atoms with van der Waals surface area (Å²) >= 11 is 0. The second-order valence-corrected chi connectivity index (χ2v) is 8.45. The lowest BCUT2D eigenvalue weighted by atomic mass is 9.83. The number of fused-ring (bicyclic) bond motifs is 4. The third-order valence-corrected chi connectivity index (χ3v) is 6.05. The molecule has 7 nitrogen and oxygen atoms in total. The molecule has 2 N–H and O–H groups in total. The van der Waals surface area contributed by atoms with Gasteiger partial charge in [0.15, 0.2) is 0 Å². The molecule has 158 valence electrons. The molecule has 2 aliphatic rings. The number of nitrogens with one attached hydrogen (secondary N) is 2. The van der Waals surface area contributed by atoms with Crippen LogP contribution in [-0.2, 0) is 11.3 Å². The summed E-state index contributed by atoms with van der Waals surface area (Å²) in [6, 6.07) is 11.1. The minimum atomic E-state index is -0.143. The zero-order chi connectivity index (χ0) is 21.3. The first kappa shape index (κ1) is 20.2. The number of nitrogens with zero attached hydrogens (tertiary/aromatic N) is 2. The molecule has 0 spiro atoms. The van der Waals surface area contributed by atoms with Gasteiger partial charge in [0.25, 0.3) is 5.56 Å². The van der Waals surface area contributed by atoms with Crippen molar-refractivity contribution in [3.05, 3.63) is 63.6 Å². The number of pyridine rings is 1. The van der Waals surface area contributed by atoms with Crippen molar-refractivity contribution in [2.45, 2.75) is 39.2 Å². The number of hydrogen-bond donors (Lipinski definition) is 2. The van der Waals surface area contributed by atoms with Gasteiger partial charge in [-0.2, -0.15) is 0 Å². The van der Waals surface area contributed by atoms with Crippen LogP contribution in [0.15, 0.2) is 41.2 Å². The molecule has 0 unspecified atom stereocenters. The highest BCUT2D eigenvalue weighted by Crippen LogP contribution is 2.34. The van der Waals surface area contributed by atoms with Crippen molar-refractivity contribution in [2.24, 2.45) is 5.92 Å². The normalized spacial score (nSPS) is 19.7. The van der Waals surface area contributed by atoms with Gasteiger partial charge in [-0.15, -0.1) is 0 Å². The Bertz CT molecular complexity index is 1030. The number of aromatic nitrogens is 1. The van der Waals surface area contributed by atoms with Crippen LogP contribution in [0.3, 0.4) is 0 Å². The molecular weight excluding hydrogens is 380 g/mol. The molecule has 1 aromatic heterocycles. The van der Waals surface area contributed by atoms with E-state index in [9.17, 15) is 14.4 Å². The van der Waals surface area contributed by atoms with Crippen molar-refractivity contribution in [2.75, 3.05) is 25.0 Å². The maximum atomic E-state index is 12.7. The molecule has 30 heavy (non-hydrogen) atoms. The largest absolute Gasteiger partial charge is 0.337 e. The SMILES string of the molecule is Cc1ccc(NC(=O)CCNC(=O)N2C[C@@H]3C[C@H](C2)c2cccc(=O)n2C3)c(C)c1. The number of benzene rings is 1. The summed E-state index contributed by atoms with van der Waals surface area (Å²) in [5, 5.41) is 5.78. The molecule has 1 saturated heterocycles. The van der Waals surface area contributed by atoms with E-state index in [0.717, 1.165) is 28.9 Å². The van der Waals surface area contributed by atoms with Crippen LogP contribution >= 0.6 is 0 Å². The van der Waals surface area contributed by atoms with Crippen molar-refractivity contribution < 1.29 is 9.59 Å². The zero-order valence-electron chi connectivity index (χ0n) is 17.5. The minimum Gasteiger partial charge on any atom is -0.337 e. The number of hydrogen-bond acceptors (Lipinski definition) is 3. The van der Waals surface area contributed by atoms with Crippen molar-refractivity contribution >= 4 is 17.6 Å². The number of carbonyl (C=O) groups is 2. The van der Waals surface area contributed by atoms with Gasteiger partial charge < -0.3 is 20.1 Å². The number of anilines is 1. The van der Waals surface area contributed by atoms with Gasteiger partial charge in [-0.25, -0.2) is 4.79 Å². The Labute approximate surface area is 176 Å². The van der Waals surface area contributed by atoms with E-state index in [4.69, 9.17) is 0 Å². The Kier molecular flexibility index (Phi) is 5.61. The first-order chi connectivity index (χ1) is 14.4. The molecular formula is C23H28N4O3. The highest BCUT2D eigenvalue weighted by atomic mass is 16.2. The topological polar surface area (TPSA) is 83.4 Å². The Morgan fingerprint density at radius 3 is 2.73 bits per heavy atom. The van der Waals surface area contributed by atoms with Crippen LogP contribution in [-0.4, -0.2) is 41.0 Å². The van der Waals surface area contributed by atoms with Crippen molar-refractivity contribution in [1.29, 1.82) is 0 Å². The fourth-order valence-corrected chi connectivity index (χ4v) is 4.62. The number of piperidine rings is 1. The predicted octanol–water partition coefficient (Wildman–Crippen LogP) is 2.62. The van der Waals surface area contributed by atoms with E-state index in [1.807, 2.05) is 47.6 Å². The molecule has 2 bridgehead atoms. The average Bonchev–Trinajstić information content (AvgIpc) is 2.71. The van der Waals surface area contributed by atoms with E-state index in [1.165, 1.54) is 0 Å². The molecule has 4 rings (SSSR count). The smallest absolute Gasteiger partial charge is 0.317 e. The second kappa shape index (κ2) is 8.34. The van der Waals surface area contributed by atoms with Crippen molar-refractivity contribution in [3.8, 4) is 0 Å². The van der Waals surface area contributed by atoms with Gasteiger partial charge in [-0.05, 0) is 43.9 Å². The van der Waals surface area contributed by atoms with E-state index < -0.39 is 0 Å². The number of urea groups is 1. The van der Waals surface area contributed by atoms with Gasteiger partial charge in [-0.3, -0.25) is 9.59 Å². The maximum Gasteiger partial charge on any atom is 0.317 e. The van der Waals surface area contributed by atoms with Crippen molar-refractivity contribution in [3.63, 3.8) is 0 Å². The van der Waals surface area contributed by atoms with E-state index in [1.54, 1.807) is 12.1 Å². The molecule has 1 fully saturated rings. The van der Waals surface area contributed by atoms with Gasteiger partial charge in [0.2, 0.25) is 5.91 Å². The number of amides is 3. The van der Waals surface area contributed by atoms with E-state index in [-0.39, 0.29) is 42.3 Å². The van der Waals surface area contributed by atoms with Gasteiger partial charge in [-0.1, -0.05) is 23.8 Å². The summed E-state index contributed by atoms with van der Waals surface area (Å²) in [5.41, 5.74) is 4.02. The van der Waals surface area contributed by atoms with E-state index in [0.29, 0.717) is 19.6 Å². The summed E-state index contributed by atoms with van der Waals surface area (Å²) in [7, 11) is 0. The highest BCUT2D eigenvalue weighted by molar-refractivity contribution is 5.91. The number of carbonyl (C=O) groups excluding carboxylic acids is 2. The summed E-state index contributed by atoms with van der Waals surface area (Å²) < 4.78 is 1.85. The molecule has 2 aromatic rings. The molecule has 2 atom stereocenters. The van der Waals surface area contributed by atoms with Crippen molar-refractivity contribution in [1.82, 2.24) is 14.8 Å². The number of rotatable bonds is 4. The van der Waals surface area contributed by atoms with Crippen LogP contribution in [0.1, 0.15) is 35.6 Å². The lowest BCUT2D eigenvalue weighted by Gasteiger charge is -2.42. The standard InChI is InChI=1S/C23H28N4O3/c1-15-6-7-19(16(2)10-15)25-21(28)8-9-24-23(30)26-12-17-11-18(14-26)20-4-3-5-22(29)27(20)13-17/h3-7,10,17-18H,8-9,11-14H2,1-2H3,(H,24,30)(H,25,28)/t17-,18+/m0/s1. The molecule has 2 aliphatic heterocycles. The quantitative estimate of drug-likeness (QED) is 0.816. The van der Waals surface area contributed by atoms with Gasteiger partial charge >= 0.3 is 6.03 Å². The maximum absolute atomic E-state index is 12.7. The molecule has 3 amide bonds. The van der Waals surface area contributed by atoms with E-state index in [2.05, 4.69) is 10.6 Å². The monoisotopic (exact) mass is 408 g/mol. The van der Waals surface area contributed by atoms with E-state index >= 15 is 0 Å². The second-order valence-electron chi connectivity index (χ2n) is 8.45. The average molecular weight is 409 g/mol. The van der Waals surface area contributed by atoms with Crippen LogP contribution in [0, 0.1) is 19.8 Å². The molecule has 0 aliphatic carbocycles. The minimum absolute atomic E-state index is 0.0370. The summed E-state index contributed by atoms with van der Waals surface area (Å²) in [6.07, 6.45) is 1.23.